The fraction of sp³-hybridized carbons (Fsp3) is 0.615. The number of nitrogens with zero attached hydrogens (tertiary/aromatic N) is 2. The molecule has 18 heavy (non-hydrogen) atoms. The van der Waals surface area contributed by atoms with Gasteiger partial charge in [0.1, 0.15) is 12.4 Å². The van der Waals surface area contributed by atoms with Crippen molar-refractivity contribution in [2.24, 2.45) is 0 Å². The van der Waals surface area contributed by atoms with Crippen molar-refractivity contribution < 1.29 is 4.39 Å². The fourth-order valence-electron chi connectivity index (χ4n) is 2.57. The summed E-state index contributed by atoms with van der Waals surface area (Å²) in [4.78, 5) is 14.3. The standard InChI is InChI=1S/C13H20FN3O/c1-15-12-5-3-8-17(13(12)18)11-4-2-7-16(10-11)9-6-14/h3,5,8,11,15H,2,4,6-7,9-10H2,1H3/t11-/m1/s1. The van der Waals surface area contributed by atoms with E-state index in [1.165, 1.54) is 0 Å². The van der Waals surface area contributed by atoms with Crippen molar-refractivity contribution in [3.05, 3.63) is 28.7 Å². The van der Waals surface area contributed by atoms with Gasteiger partial charge in [0.2, 0.25) is 0 Å². The number of anilines is 1. The van der Waals surface area contributed by atoms with Crippen LogP contribution >= 0.6 is 0 Å². The second kappa shape index (κ2) is 6.00. The smallest absolute Gasteiger partial charge is 0.274 e. The van der Waals surface area contributed by atoms with Crippen molar-refractivity contribution in [2.75, 3.05) is 38.7 Å². The number of nitrogens with one attached hydrogen (secondary N) is 1. The Balaban J connectivity index is 2.18. The van der Waals surface area contributed by atoms with E-state index in [0.717, 1.165) is 25.9 Å². The fourth-order valence-corrected chi connectivity index (χ4v) is 2.57. The maximum atomic E-state index is 12.4. The zero-order valence-electron chi connectivity index (χ0n) is 10.7. The largest absolute Gasteiger partial charge is 0.384 e. The predicted molar refractivity (Wildman–Crippen MR) is 70.9 cm³/mol. The first kappa shape index (κ1) is 13.1. The molecule has 0 aliphatic carbocycles. The summed E-state index contributed by atoms with van der Waals surface area (Å²) in [6.45, 7) is 1.84. The van der Waals surface area contributed by atoms with Crippen LogP contribution in [0.4, 0.5) is 10.1 Å². The molecular weight excluding hydrogens is 233 g/mol. The van der Waals surface area contributed by atoms with Gasteiger partial charge < -0.3 is 9.88 Å². The van der Waals surface area contributed by atoms with Gasteiger partial charge in [-0.2, -0.15) is 0 Å². The quantitative estimate of drug-likeness (QED) is 0.883. The highest BCUT2D eigenvalue weighted by Crippen LogP contribution is 2.20. The second-order valence-electron chi connectivity index (χ2n) is 4.67. The molecule has 1 saturated heterocycles. The van der Waals surface area contributed by atoms with Gasteiger partial charge in [-0.1, -0.05) is 0 Å². The molecule has 1 N–H and O–H groups in total. The molecule has 0 unspecified atom stereocenters. The van der Waals surface area contributed by atoms with Gasteiger partial charge >= 0.3 is 0 Å². The summed E-state index contributed by atoms with van der Waals surface area (Å²) < 4.78 is 14.2. The first-order chi connectivity index (χ1) is 8.76. The number of hydrogen-bond donors (Lipinski definition) is 1. The van der Waals surface area contributed by atoms with Gasteiger partial charge in [0, 0.05) is 32.4 Å². The normalized spacial score (nSPS) is 20.9. The third-order valence-electron chi connectivity index (χ3n) is 3.52. The Bertz CT molecular complexity index is 444. The molecule has 2 rings (SSSR count). The minimum atomic E-state index is -0.321. The average molecular weight is 253 g/mol. The van der Waals surface area contributed by atoms with Crippen LogP contribution in [0.15, 0.2) is 23.1 Å². The first-order valence-electron chi connectivity index (χ1n) is 6.43. The number of likely N-dealkylation sites (tertiary alicyclic amines) is 1. The van der Waals surface area contributed by atoms with Crippen molar-refractivity contribution in [1.82, 2.24) is 9.47 Å². The van der Waals surface area contributed by atoms with E-state index < -0.39 is 0 Å². The Hall–Kier alpha value is -1.36. The lowest BCUT2D eigenvalue weighted by Crippen LogP contribution is -2.40. The molecule has 1 aliphatic heterocycles. The predicted octanol–water partition coefficient (Wildman–Crippen LogP) is 1.50. The van der Waals surface area contributed by atoms with Crippen molar-refractivity contribution >= 4 is 5.69 Å². The first-order valence-corrected chi connectivity index (χ1v) is 6.43. The van der Waals surface area contributed by atoms with Crippen molar-refractivity contribution in [3.63, 3.8) is 0 Å². The minimum Gasteiger partial charge on any atom is -0.384 e. The van der Waals surface area contributed by atoms with Gasteiger partial charge in [-0.15, -0.1) is 0 Å². The molecule has 1 aromatic rings. The van der Waals surface area contributed by atoms with Crippen molar-refractivity contribution in [3.8, 4) is 0 Å². The molecule has 4 nitrogen and oxygen atoms in total. The van der Waals surface area contributed by atoms with Crippen LogP contribution in [0.2, 0.25) is 0 Å². The molecule has 1 aliphatic rings. The van der Waals surface area contributed by atoms with E-state index >= 15 is 0 Å². The van der Waals surface area contributed by atoms with Crippen molar-refractivity contribution in [1.29, 1.82) is 0 Å². The van der Waals surface area contributed by atoms with Crippen LogP contribution in [0.3, 0.4) is 0 Å². The Morgan fingerprint density at radius 1 is 1.56 bits per heavy atom. The summed E-state index contributed by atoms with van der Waals surface area (Å²) in [5.41, 5.74) is 0.618. The molecule has 0 aromatic carbocycles. The van der Waals surface area contributed by atoms with E-state index in [-0.39, 0.29) is 18.3 Å². The van der Waals surface area contributed by atoms with Gasteiger partial charge in [0.05, 0.1) is 0 Å². The SMILES string of the molecule is CNc1cccn([C@@H]2CCCN(CCF)C2)c1=O. The summed E-state index contributed by atoms with van der Waals surface area (Å²) in [6.07, 6.45) is 3.82. The molecule has 0 saturated carbocycles. The highest BCUT2D eigenvalue weighted by atomic mass is 19.1. The molecule has 2 heterocycles. The lowest BCUT2D eigenvalue weighted by atomic mass is 10.1. The van der Waals surface area contributed by atoms with E-state index in [4.69, 9.17) is 0 Å². The van der Waals surface area contributed by atoms with Gasteiger partial charge in [-0.25, -0.2) is 4.39 Å². The van der Waals surface area contributed by atoms with E-state index in [2.05, 4.69) is 10.2 Å². The molecule has 0 amide bonds. The summed E-state index contributed by atoms with van der Waals surface area (Å²) >= 11 is 0. The Morgan fingerprint density at radius 2 is 2.39 bits per heavy atom. The number of hydrogen-bond acceptors (Lipinski definition) is 3. The number of piperidine rings is 1. The van der Waals surface area contributed by atoms with Crippen LogP contribution in [0.1, 0.15) is 18.9 Å². The number of pyridine rings is 1. The molecule has 1 fully saturated rings. The summed E-state index contributed by atoms with van der Waals surface area (Å²) in [5.74, 6) is 0. The van der Waals surface area contributed by atoms with E-state index in [1.807, 2.05) is 12.3 Å². The molecule has 1 atom stereocenters. The second-order valence-corrected chi connectivity index (χ2v) is 4.67. The lowest BCUT2D eigenvalue weighted by molar-refractivity contribution is 0.164. The Labute approximate surface area is 106 Å². The van der Waals surface area contributed by atoms with E-state index in [9.17, 15) is 9.18 Å². The van der Waals surface area contributed by atoms with E-state index in [1.54, 1.807) is 17.7 Å². The number of halogens is 1. The third-order valence-corrected chi connectivity index (χ3v) is 3.52. The zero-order chi connectivity index (χ0) is 13.0. The molecule has 100 valence electrons. The maximum Gasteiger partial charge on any atom is 0.274 e. The molecule has 0 radical (unpaired) electrons. The van der Waals surface area contributed by atoms with Gasteiger partial charge in [-0.05, 0) is 31.5 Å². The Kier molecular flexibility index (Phi) is 4.36. The Morgan fingerprint density at radius 3 is 3.11 bits per heavy atom. The number of rotatable bonds is 4. The van der Waals surface area contributed by atoms with Gasteiger partial charge in [0.25, 0.3) is 5.56 Å². The number of aromatic nitrogens is 1. The summed E-state index contributed by atoms with van der Waals surface area (Å²) in [5, 5.41) is 2.90. The van der Waals surface area contributed by atoms with E-state index in [0.29, 0.717) is 12.2 Å². The van der Waals surface area contributed by atoms with Crippen LogP contribution in [0.5, 0.6) is 0 Å². The molecule has 0 bridgehead atoms. The zero-order valence-corrected chi connectivity index (χ0v) is 10.7. The highest BCUT2D eigenvalue weighted by Gasteiger charge is 2.21. The molecule has 1 aromatic heterocycles. The maximum absolute atomic E-state index is 12.4. The van der Waals surface area contributed by atoms with Crippen LogP contribution < -0.4 is 10.9 Å². The van der Waals surface area contributed by atoms with Crippen LogP contribution in [-0.4, -0.2) is 42.8 Å². The third kappa shape index (κ3) is 2.72. The number of alkyl halides is 1. The topological polar surface area (TPSA) is 37.3 Å². The average Bonchev–Trinajstić information content (AvgIpc) is 2.40. The van der Waals surface area contributed by atoms with Crippen LogP contribution in [0, 0.1) is 0 Å². The van der Waals surface area contributed by atoms with Gasteiger partial charge in [0.15, 0.2) is 0 Å². The van der Waals surface area contributed by atoms with Gasteiger partial charge in [-0.3, -0.25) is 9.69 Å². The van der Waals surface area contributed by atoms with Crippen LogP contribution in [0.25, 0.3) is 0 Å². The molecule has 5 heteroatoms. The van der Waals surface area contributed by atoms with Crippen molar-refractivity contribution in [2.45, 2.75) is 18.9 Å². The summed E-state index contributed by atoms with van der Waals surface area (Å²) in [7, 11) is 1.75. The minimum absolute atomic E-state index is 0.00657. The monoisotopic (exact) mass is 253 g/mol. The van der Waals surface area contributed by atoms with Crippen LogP contribution in [-0.2, 0) is 0 Å². The summed E-state index contributed by atoms with van der Waals surface area (Å²) in [6, 6.07) is 3.81. The highest BCUT2D eigenvalue weighted by molar-refractivity contribution is 5.39. The molecule has 0 spiro atoms. The molecular formula is C13H20FN3O. The lowest BCUT2D eigenvalue weighted by Gasteiger charge is -2.33.